The Morgan fingerprint density at radius 1 is 1.43 bits per heavy atom. The molecular formula is C15H20N2O3S. The number of rotatable bonds is 3. The Morgan fingerprint density at radius 3 is 2.90 bits per heavy atom. The van der Waals surface area contributed by atoms with Crippen LogP contribution in [0, 0.1) is 11.8 Å². The number of hydrogen-bond donors (Lipinski definition) is 1. The van der Waals surface area contributed by atoms with Crippen molar-refractivity contribution >= 4 is 10.0 Å². The summed E-state index contributed by atoms with van der Waals surface area (Å²) >= 11 is 0. The summed E-state index contributed by atoms with van der Waals surface area (Å²) in [5.74, 6) is 5.54. The molecule has 0 spiro atoms. The predicted octanol–water partition coefficient (Wildman–Crippen LogP) is 0.796. The first-order valence-corrected chi connectivity index (χ1v) is 8.34. The highest BCUT2D eigenvalue weighted by atomic mass is 32.2. The first-order valence-electron chi connectivity index (χ1n) is 6.90. The molecule has 1 aromatic rings. The van der Waals surface area contributed by atoms with Crippen molar-refractivity contribution in [1.29, 1.82) is 0 Å². The van der Waals surface area contributed by atoms with Crippen LogP contribution in [0.3, 0.4) is 0 Å². The van der Waals surface area contributed by atoms with Crippen LogP contribution in [0.2, 0.25) is 0 Å². The highest BCUT2D eigenvalue weighted by Crippen LogP contribution is 2.24. The standard InChI is InChI=1S/C15H20N2O3S/c1-20-14-8-5-11-17(12-14)21(18,19)15-9-3-2-6-13(15)7-4-10-16/h2-3,6,9,14H,5,8,10-12,16H2,1H3. The molecule has 1 saturated heterocycles. The normalized spacial score (nSPS) is 19.8. The van der Waals surface area contributed by atoms with Crippen molar-refractivity contribution in [1.82, 2.24) is 4.31 Å². The summed E-state index contributed by atoms with van der Waals surface area (Å²) in [6, 6.07) is 6.77. The fraction of sp³-hybridized carbons (Fsp3) is 0.467. The summed E-state index contributed by atoms with van der Waals surface area (Å²) in [5, 5.41) is 0. The van der Waals surface area contributed by atoms with E-state index in [0.29, 0.717) is 18.7 Å². The maximum Gasteiger partial charge on any atom is 0.244 e. The Morgan fingerprint density at radius 2 is 2.19 bits per heavy atom. The second-order valence-electron chi connectivity index (χ2n) is 4.87. The van der Waals surface area contributed by atoms with Crippen molar-refractivity contribution < 1.29 is 13.2 Å². The molecule has 114 valence electrons. The van der Waals surface area contributed by atoms with E-state index in [1.165, 1.54) is 4.31 Å². The molecule has 6 heteroatoms. The Balaban J connectivity index is 2.35. The van der Waals surface area contributed by atoms with E-state index in [-0.39, 0.29) is 17.5 Å². The summed E-state index contributed by atoms with van der Waals surface area (Å²) in [7, 11) is -1.94. The number of benzene rings is 1. The molecule has 0 radical (unpaired) electrons. The van der Waals surface area contributed by atoms with Gasteiger partial charge in [-0.15, -0.1) is 0 Å². The smallest absolute Gasteiger partial charge is 0.244 e. The molecule has 0 aromatic heterocycles. The van der Waals surface area contributed by atoms with Gasteiger partial charge in [0.2, 0.25) is 10.0 Å². The second-order valence-corrected chi connectivity index (χ2v) is 6.77. The van der Waals surface area contributed by atoms with Crippen LogP contribution in [0.25, 0.3) is 0 Å². The van der Waals surface area contributed by atoms with Crippen LogP contribution in [-0.4, -0.2) is 45.6 Å². The van der Waals surface area contributed by atoms with Crippen molar-refractivity contribution in [2.75, 3.05) is 26.7 Å². The van der Waals surface area contributed by atoms with Crippen LogP contribution in [0.15, 0.2) is 29.2 Å². The fourth-order valence-electron chi connectivity index (χ4n) is 2.40. The third-order valence-corrected chi connectivity index (χ3v) is 5.43. The van der Waals surface area contributed by atoms with Crippen LogP contribution in [-0.2, 0) is 14.8 Å². The van der Waals surface area contributed by atoms with Crippen LogP contribution >= 0.6 is 0 Å². The third-order valence-electron chi connectivity index (χ3n) is 3.50. The SMILES string of the molecule is COC1CCCN(S(=O)(=O)c2ccccc2C#CCN)C1. The lowest BCUT2D eigenvalue weighted by atomic mass is 10.1. The molecule has 0 saturated carbocycles. The van der Waals surface area contributed by atoms with Gasteiger partial charge in [0.15, 0.2) is 0 Å². The molecule has 1 atom stereocenters. The maximum atomic E-state index is 12.8. The first-order chi connectivity index (χ1) is 10.1. The van der Waals surface area contributed by atoms with E-state index < -0.39 is 10.0 Å². The predicted molar refractivity (Wildman–Crippen MR) is 81.2 cm³/mol. The zero-order chi connectivity index (χ0) is 15.3. The zero-order valence-corrected chi connectivity index (χ0v) is 12.9. The van der Waals surface area contributed by atoms with E-state index in [0.717, 1.165) is 12.8 Å². The molecule has 1 aliphatic heterocycles. The van der Waals surface area contributed by atoms with Gasteiger partial charge in [-0.25, -0.2) is 8.42 Å². The highest BCUT2D eigenvalue weighted by molar-refractivity contribution is 7.89. The topological polar surface area (TPSA) is 72.6 Å². The minimum Gasteiger partial charge on any atom is -0.380 e. The van der Waals surface area contributed by atoms with Gasteiger partial charge in [0.1, 0.15) is 0 Å². The number of methoxy groups -OCH3 is 1. The van der Waals surface area contributed by atoms with Crippen LogP contribution in [0.1, 0.15) is 18.4 Å². The van der Waals surface area contributed by atoms with E-state index in [1.54, 1.807) is 31.4 Å². The van der Waals surface area contributed by atoms with E-state index in [4.69, 9.17) is 10.5 Å². The molecule has 1 heterocycles. The second kappa shape index (κ2) is 7.05. The lowest BCUT2D eigenvalue weighted by molar-refractivity contribution is 0.0572. The number of sulfonamides is 1. The van der Waals surface area contributed by atoms with E-state index in [2.05, 4.69) is 11.8 Å². The van der Waals surface area contributed by atoms with E-state index in [9.17, 15) is 8.42 Å². The van der Waals surface area contributed by atoms with Gasteiger partial charge < -0.3 is 10.5 Å². The largest absolute Gasteiger partial charge is 0.380 e. The Kier molecular flexibility index (Phi) is 5.37. The number of nitrogens with two attached hydrogens (primary N) is 1. The van der Waals surface area contributed by atoms with Crippen molar-refractivity contribution in [3.05, 3.63) is 29.8 Å². The van der Waals surface area contributed by atoms with Crippen molar-refractivity contribution in [3.63, 3.8) is 0 Å². The molecule has 0 amide bonds. The zero-order valence-electron chi connectivity index (χ0n) is 12.1. The summed E-state index contributed by atoms with van der Waals surface area (Å²) in [5.41, 5.74) is 5.85. The van der Waals surface area contributed by atoms with Gasteiger partial charge in [-0.1, -0.05) is 24.0 Å². The molecule has 2 rings (SSSR count). The van der Waals surface area contributed by atoms with Gasteiger partial charge in [-0.2, -0.15) is 4.31 Å². The third kappa shape index (κ3) is 3.63. The molecule has 1 aliphatic rings. The van der Waals surface area contributed by atoms with Crippen LogP contribution < -0.4 is 5.73 Å². The summed E-state index contributed by atoms with van der Waals surface area (Å²) in [6.45, 7) is 1.10. The Hall–Kier alpha value is -1.39. The summed E-state index contributed by atoms with van der Waals surface area (Å²) < 4.78 is 32.4. The van der Waals surface area contributed by atoms with E-state index >= 15 is 0 Å². The molecule has 0 aliphatic carbocycles. The number of ether oxygens (including phenoxy) is 1. The molecular weight excluding hydrogens is 288 g/mol. The number of hydrogen-bond acceptors (Lipinski definition) is 4. The van der Waals surface area contributed by atoms with Gasteiger partial charge in [0.05, 0.1) is 17.5 Å². The van der Waals surface area contributed by atoms with Crippen molar-refractivity contribution in [3.8, 4) is 11.8 Å². The molecule has 1 aromatic carbocycles. The van der Waals surface area contributed by atoms with E-state index in [1.807, 2.05) is 0 Å². The number of nitrogens with zero attached hydrogens (tertiary/aromatic N) is 1. The monoisotopic (exact) mass is 308 g/mol. The molecule has 21 heavy (non-hydrogen) atoms. The molecule has 2 N–H and O–H groups in total. The van der Waals surface area contributed by atoms with Crippen molar-refractivity contribution in [2.45, 2.75) is 23.8 Å². The summed E-state index contributed by atoms with van der Waals surface area (Å²) in [4.78, 5) is 0.239. The van der Waals surface area contributed by atoms with Gasteiger partial charge >= 0.3 is 0 Å². The average molecular weight is 308 g/mol. The molecule has 1 fully saturated rings. The minimum atomic E-state index is -3.56. The maximum absolute atomic E-state index is 12.8. The molecule has 5 nitrogen and oxygen atoms in total. The van der Waals surface area contributed by atoms with Gasteiger partial charge in [0, 0.05) is 25.8 Å². The quantitative estimate of drug-likeness (QED) is 0.838. The molecule has 0 bridgehead atoms. The summed E-state index contributed by atoms with van der Waals surface area (Å²) in [6.07, 6.45) is 1.64. The Bertz CT molecular complexity index is 646. The number of piperidine rings is 1. The molecule has 1 unspecified atom stereocenters. The van der Waals surface area contributed by atoms with Crippen molar-refractivity contribution in [2.24, 2.45) is 5.73 Å². The van der Waals surface area contributed by atoms with Gasteiger partial charge in [-0.3, -0.25) is 0 Å². The lowest BCUT2D eigenvalue weighted by Gasteiger charge is -2.31. The van der Waals surface area contributed by atoms with Crippen LogP contribution in [0.4, 0.5) is 0 Å². The van der Waals surface area contributed by atoms with Gasteiger partial charge in [0.25, 0.3) is 0 Å². The average Bonchev–Trinajstić information content (AvgIpc) is 2.53. The lowest BCUT2D eigenvalue weighted by Crippen LogP contribution is -2.43. The fourth-order valence-corrected chi connectivity index (χ4v) is 4.05. The minimum absolute atomic E-state index is 0.0455. The van der Waals surface area contributed by atoms with Gasteiger partial charge in [-0.05, 0) is 25.0 Å². The van der Waals surface area contributed by atoms with Crippen LogP contribution in [0.5, 0.6) is 0 Å². The highest BCUT2D eigenvalue weighted by Gasteiger charge is 2.31. The Labute approximate surface area is 126 Å². The first kappa shape index (κ1) is 16.0.